The first-order valence-electron chi connectivity index (χ1n) is 6.17. The van der Waals surface area contributed by atoms with Gasteiger partial charge < -0.3 is 9.73 Å². The normalized spacial score (nSPS) is 10.4. The third kappa shape index (κ3) is 2.80. The van der Waals surface area contributed by atoms with E-state index in [1.165, 1.54) is 6.33 Å². The second kappa shape index (κ2) is 5.48. The van der Waals surface area contributed by atoms with Crippen LogP contribution in [0.1, 0.15) is 11.4 Å². The minimum absolute atomic E-state index is 0.565. The highest BCUT2D eigenvalue weighted by Crippen LogP contribution is 2.18. The molecule has 0 radical (unpaired) electrons. The van der Waals surface area contributed by atoms with E-state index >= 15 is 0 Å². The zero-order valence-corrected chi connectivity index (χ0v) is 10.9. The molecule has 3 rings (SSSR count). The van der Waals surface area contributed by atoms with Gasteiger partial charge in [-0.15, -0.1) is 0 Å². The fourth-order valence-corrected chi connectivity index (χ4v) is 1.71. The van der Waals surface area contributed by atoms with Crippen molar-refractivity contribution in [3.05, 3.63) is 54.8 Å². The molecule has 3 aromatic rings. The Morgan fingerprint density at radius 1 is 1.15 bits per heavy atom. The van der Waals surface area contributed by atoms with Gasteiger partial charge in [0.1, 0.15) is 12.1 Å². The monoisotopic (exact) mass is 267 g/mol. The predicted molar refractivity (Wildman–Crippen MR) is 73.8 cm³/mol. The first-order valence-corrected chi connectivity index (χ1v) is 6.17. The number of nitrogens with one attached hydrogen (secondary N) is 1. The maximum Gasteiger partial charge on any atom is 0.130 e. The molecular formula is C14H13N5O. The van der Waals surface area contributed by atoms with Crippen molar-refractivity contribution < 1.29 is 4.42 Å². The van der Waals surface area contributed by atoms with E-state index in [1.54, 1.807) is 24.9 Å². The number of aromatic nitrogens is 4. The average Bonchev–Trinajstić information content (AvgIpc) is 3.01. The van der Waals surface area contributed by atoms with Crippen LogP contribution in [0.15, 0.2) is 47.8 Å². The lowest BCUT2D eigenvalue weighted by molar-refractivity contribution is 0.568. The van der Waals surface area contributed by atoms with E-state index in [0.717, 1.165) is 28.5 Å². The molecule has 3 aromatic heterocycles. The van der Waals surface area contributed by atoms with Crippen LogP contribution in [0.4, 0.5) is 5.82 Å². The summed E-state index contributed by atoms with van der Waals surface area (Å²) in [6.07, 6.45) is 8.28. The van der Waals surface area contributed by atoms with Crippen molar-refractivity contribution in [2.75, 3.05) is 5.32 Å². The van der Waals surface area contributed by atoms with Crippen LogP contribution in [0.25, 0.3) is 11.3 Å². The Kier molecular flexibility index (Phi) is 3.36. The minimum Gasteiger partial charge on any atom is -0.472 e. The number of rotatable bonds is 4. The van der Waals surface area contributed by atoms with E-state index in [-0.39, 0.29) is 0 Å². The van der Waals surface area contributed by atoms with Crippen LogP contribution < -0.4 is 5.32 Å². The Hall–Kier alpha value is -2.76. The summed E-state index contributed by atoms with van der Waals surface area (Å²) < 4.78 is 5.05. The molecule has 6 heteroatoms. The van der Waals surface area contributed by atoms with Gasteiger partial charge in [0.15, 0.2) is 0 Å². The second-order valence-electron chi connectivity index (χ2n) is 4.30. The predicted octanol–water partition coefficient (Wildman–Crippen LogP) is 2.45. The topological polar surface area (TPSA) is 76.7 Å². The second-order valence-corrected chi connectivity index (χ2v) is 4.30. The molecule has 0 spiro atoms. The molecule has 0 atom stereocenters. The van der Waals surface area contributed by atoms with Crippen molar-refractivity contribution in [2.45, 2.75) is 13.5 Å². The highest BCUT2D eigenvalue weighted by molar-refractivity contribution is 5.60. The Balaban J connectivity index is 1.72. The smallest absolute Gasteiger partial charge is 0.130 e. The van der Waals surface area contributed by atoms with Gasteiger partial charge in [-0.1, -0.05) is 0 Å². The van der Waals surface area contributed by atoms with E-state index in [1.807, 2.05) is 19.1 Å². The molecular weight excluding hydrogens is 254 g/mol. The summed E-state index contributed by atoms with van der Waals surface area (Å²) in [5.41, 5.74) is 3.49. The molecule has 0 amide bonds. The van der Waals surface area contributed by atoms with E-state index < -0.39 is 0 Å². The summed E-state index contributed by atoms with van der Waals surface area (Å²) in [5, 5.41) is 3.20. The molecule has 0 fully saturated rings. The summed E-state index contributed by atoms with van der Waals surface area (Å²) in [4.78, 5) is 16.9. The van der Waals surface area contributed by atoms with Gasteiger partial charge in [0.25, 0.3) is 0 Å². The first-order chi connectivity index (χ1) is 9.81. The van der Waals surface area contributed by atoms with Gasteiger partial charge in [-0.05, 0) is 13.0 Å². The van der Waals surface area contributed by atoms with Crippen molar-refractivity contribution in [3.8, 4) is 11.3 Å². The Morgan fingerprint density at radius 2 is 2.10 bits per heavy atom. The summed E-state index contributed by atoms with van der Waals surface area (Å²) >= 11 is 0. The zero-order valence-electron chi connectivity index (χ0n) is 10.9. The summed E-state index contributed by atoms with van der Waals surface area (Å²) in [6, 6.07) is 3.73. The Morgan fingerprint density at radius 3 is 2.85 bits per heavy atom. The lowest BCUT2D eigenvalue weighted by atomic mass is 10.2. The third-order valence-corrected chi connectivity index (χ3v) is 2.77. The maximum atomic E-state index is 5.05. The largest absolute Gasteiger partial charge is 0.472 e. The molecule has 0 saturated carbocycles. The van der Waals surface area contributed by atoms with Crippen LogP contribution in [0.3, 0.4) is 0 Å². The molecule has 3 heterocycles. The SMILES string of the molecule is Cc1cnc(CNc2cc(-c3ccoc3)ncn2)cn1. The van der Waals surface area contributed by atoms with Crippen molar-refractivity contribution in [1.29, 1.82) is 0 Å². The van der Waals surface area contributed by atoms with E-state index in [0.29, 0.717) is 6.54 Å². The van der Waals surface area contributed by atoms with Gasteiger partial charge in [-0.25, -0.2) is 9.97 Å². The molecule has 0 aromatic carbocycles. The summed E-state index contributed by atoms with van der Waals surface area (Å²) in [7, 11) is 0. The first kappa shape index (κ1) is 12.3. The van der Waals surface area contributed by atoms with E-state index in [9.17, 15) is 0 Å². The van der Waals surface area contributed by atoms with E-state index in [4.69, 9.17) is 4.42 Å². The molecule has 100 valence electrons. The third-order valence-electron chi connectivity index (χ3n) is 2.77. The Bertz CT molecular complexity index is 679. The number of furan rings is 1. The number of hydrogen-bond donors (Lipinski definition) is 1. The average molecular weight is 267 g/mol. The fraction of sp³-hybridized carbons (Fsp3) is 0.143. The molecule has 0 unspecified atom stereocenters. The molecule has 0 aliphatic carbocycles. The lowest BCUT2D eigenvalue weighted by Crippen LogP contribution is -2.04. The number of anilines is 1. The van der Waals surface area contributed by atoms with Gasteiger partial charge >= 0.3 is 0 Å². The van der Waals surface area contributed by atoms with Crippen LogP contribution in [0, 0.1) is 6.92 Å². The van der Waals surface area contributed by atoms with E-state index in [2.05, 4.69) is 25.3 Å². The Labute approximate surface area is 115 Å². The van der Waals surface area contributed by atoms with Gasteiger partial charge in [0.05, 0.1) is 42.3 Å². The van der Waals surface area contributed by atoms with Crippen LogP contribution >= 0.6 is 0 Å². The molecule has 6 nitrogen and oxygen atoms in total. The number of hydrogen-bond acceptors (Lipinski definition) is 6. The van der Waals surface area contributed by atoms with Crippen LogP contribution in [0.5, 0.6) is 0 Å². The highest BCUT2D eigenvalue weighted by Gasteiger charge is 2.03. The lowest BCUT2D eigenvalue weighted by Gasteiger charge is -2.05. The summed E-state index contributed by atoms with van der Waals surface area (Å²) in [6.45, 7) is 2.47. The van der Waals surface area contributed by atoms with Gasteiger partial charge in [-0.2, -0.15) is 0 Å². The van der Waals surface area contributed by atoms with Gasteiger partial charge in [0, 0.05) is 17.8 Å². The van der Waals surface area contributed by atoms with Crippen LogP contribution in [0.2, 0.25) is 0 Å². The highest BCUT2D eigenvalue weighted by atomic mass is 16.3. The molecule has 20 heavy (non-hydrogen) atoms. The molecule has 1 N–H and O–H groups in total. The van der Waals surface area contributed by atoms with Crippen molar-refractivity contribution in [1.82, 2.24) is 19.9 Å². The summed E-state index contributed by atoms with van der Waals surface area (Å²) in [5.74, 6) is 0.735. The fourth-order valence-electron chi connectivity index (χ4n) is 1.71. The molecule has 0 aliphatic heterocycles. The van der Waals surface area contributed by atoms with Crippen molar-refractivity contribution >= 4 is 5.82 Å². The molecule has 0 saturated heterocycles. The van der Waals surface area contributed by atoms with Crippen molar-refractivity contribution in [2.24, 2.45) is 0 Å². The molecule has 0 aliphatic rings. The number of nitrogens with zero attached hydrogens (tertiary/aromatic N) is 4. The van der Waals surface area contributed by atoms with Crippen molar-refractivity contribution in [3.63, 3.8) is 0 Å². The minimum atomic E-state index is 0.565. The zero-order chi connectivity index (χ0) is 13.8. The van der Waals surface area contributed by atoms with Crippen LogP contribution in [-0.2, 0) is 6.54 Å². The van der Waals surface area contributed by atoms with Crippen LogP contribution in [-0.4, -0.2) is 19.9 Å². The molecule has 0 bridgehead atoms. The van der Waals surface area contributed by atoms with Gasteiger partial charge in [0.2, 0.25) is 0 Å². The van der Waals surface area contributed by atoms with Gasteiger partial charge in [-0.3, -0.25) is 9.97 Å². The number of aryl methyl sites for hydroxylation is 1. The standard InChI is InChI=1S/C14H13N5O/c1-10-5-16-12(6-15-10)7-17-14-4-13(18-9-19-14)11-2-3-20-8-11/h2-6,8-9H,7H2,1H3,(H,17,18,19). The maximum absolute atomic E-state index is 5.05. The quantitative estimate of drug-likeness (QED) is 0.782.